The van der Waals surface area contributed by atoms with Gasteiger partial charge in [0, 0.05) is 23.0 Å². The zero-order valence-corrected chi connectivity index (χ0v) is 11.8. The van der Waals surface area contributed by atoms with Crippen LogP contribution in [0.15, 0.2) is 24.3 Å². The molecule has 1 aromatic heterocycles. The van der Waals surface area contributed by atoms with Crippen LogP contribution in [0.25, 0.3) is 11.3 Å². The van der Waals surface area contributed by atoms with Crippen LogP contribution in [0.2, 0.25) is 5.02 Å². The molecule has 3 rings (SSSR count). The first kappa shape index (κ1) is 12.5. The van der Waals surface area contributed by atoms with Crippen molar-refractivity contribution in [2.75, 3.05) is 5.73 Å². The molecule has 0 aliphatic heterocycles. The second-order valence-corrected chi connectivity index (χ2v) is 5.56. The van der Waals surface area contributed by atoms with Crippen LogP contribution in [-0.2, 0) is 6.42 Å². The van der Waals surface area contributed by atoms with Crippen LogP contribution in [0.5, 0.6) is 0 Å². The lowest BCUT2D eigenvalue weighted by Gasteiger charge is -2.07. The summed E-state index contributed by atoms with van der Waals surface area (Å²) in [5, 5.41) is 0.734. The number of imidazole rings is 1. The van der Waals surface area contributed by atoms with Crippen LogP contribution in [0.3, 0.4) is 0 Å². The molecule has 0 bridgehead atoms. The van der Waals surface area contributed by atoms with Gasteiger partial charge in [0.25, 0.3) is 0 Å². The molecule has 3 nitrogen and oxygen atoms in total. The van der Waals surface area contributed by atoms with Crippen molar-refractivity contribution in [3.8, 4) is 11.3 Å². The van der Waals surface area contributed by atoms with Crippen LogP contribution in [0, 0.1) is 0 Å². The molecule has 0 saturated heterocycles. The van der Waals surface area contributed by atoms with Gasteiger partial charge in [0.2, 0.25) is 0 Å². The van der Waals surface area contributed by atoms with Crippen molar-refractivity contribution in [1.82, 2.24) is 9.55 Å². The summed E-state index contributed by atoms with van der Waals surface area (Å²) in [7, 11) is 0. The summed E-state index contributed by atoms with van der Waals surface area (Å²) in [5.41, 5.74) is 8.25. The Bertz CT molecular complexity index is 582. The van der Waals surface area contributed by atoms with Crippen LogP contribution in [0.1, 0.15) is 38.1 Å². The third-order valence-corrected chi connectivity index (χ3v) is 3.78. The molecule has 1 aliphatic carbocycles. The van der Waals surface area contributed by atoms with E-state index in [9.17, 15) is 0 Å². The number of halogens is 1. The summed E-state index contributed by atoms with van der Waals surface area (Å²) in [6, 6.07) is 8.29. The number of anilines is 1. The molecule has 1 aromatic carbocycles. The summed E-state index contributed by atoms with van der Waals surface area (Å²) in [6.07, 6.45) is 4.51. The van der Waals surface area contributed by atoms with Crippen LogP contribution in [0.4, 0.5) is 5.82 Å². The van der Waals surface area contributed by atoms with Crippen molar-refractivity contribution in [3.05, 3.63) is 35.1 Å². The highest BCUT2D eigenvalue weighted by molar-refractivity contribution is 6.30. The molecule has 2 aromatic rings. The van der Waals surface area contributed by atoms with E-state index >= 15 is 0 Å². The van der Waals surface area contributed by atoms with Crippen molar-refractivity contribution in [2.45, 2.75) is 38.6 Å². The van der Waals surface area contributed by atoms with Gasteiger partial charge in [-0.3, -0.25) is 0 Å². The zero-order chi connectivity index (χ0) is 13.4. The Balaban J connectivity index is 2.06. The molecular formula is C15H18ClN3. The first-order chi connectivity index (χ1) is 9.20. The molecule has 4 heteroatoms. The van der Waals surface area contributed by atoms with E-state index in [0.717, 1.165) is 40.8 Å². The molecular weight excluding hydrogens is 258 g/mol. The molecule has 0 radical (unpaired) electrons. The van der Waals surface area contributed by atoms with Crippen LogP contribution < -0.4 is 5.73 Å². The van der Waals surface area contributed by atoms with Gasteiger partial charge in [-0.15, -0.1) is 0 Å². The molecule has 19 heavy (non-hydrogen) atoms. The van der Waals surface area contributed by atoms with E-state index in [4.69, 9.17) is 22.3 Å². The lowest BCUT2D eigenvalue weighted by molar-refractivity contribution is 0.676. The highest BCUT2D eigenvalue weighted by atomic mass is 35.5. The van der Waals surface area contributed by atoms with Crippen molar-refractivity contribution in [1.29, 1.82) is 0 Å². The Hall–Kier alpha value is -1.48. The number of nitrogens with two attached hydrogens (primary N) is 1. The van der Waals surface area contributed by atoms with Gasteiger partial charge < -0.3 is 10.3 Å². The van der Waals surface area contributed by atoms with E-state index in [1.54, 1.807) is 0 Å². The summed E-state index contributed by atoms with van der Waals surface area (Å²) in [4.78, 5) is 4.76. The van der Waals surface area contributed by atoms with Gasteiger partial charge in [-0.05, 0) is 31.4 Å². The Morgan fingerprint density at radius 3 is 2.58 bits per heavy atom. The van der Waals surface area contributed by atoms with Gasteiger partial charge in [-0.2, -0.15) is 0 Å². The fourth-order valence-corrected chi connectivity index (χ4v) is 2.58. The number of hydrogen-bond acceptors (Lipinski definition) is 2. The maximum atomic E-state index is 6.31. The molecule has 100 valence electrons. The number of hydrogen-bond donors (Lipinski definition) is 1. The minimum Gasteiger partial charge on any atom is -0.383 e. The van der Waals surface area contributed by atoms with Gasteiger partial charge in [0.15, 0.2) is 0 Å². The first-order valence-corrected chi connectivity index (χ1v) is 7.21. The van der Waals surface area contributed by atoms with E-state index in [0.29, 0.717) is 6.04 Å². The van der Waals surface area contributed by atoms with Gasteiger partial charge >= 0.3 is 0 Å². The van der Waals surface area contributed by atoms with E-state index in [1.165, 1.54) is 12.8 Å². The van der Waals surface area contributed by atoms with Gasteiger partial charge in [0.1, 0.15) is 17.3 Å². The van der Waals surface area contributed by atoms with Crippen molar-refractivity contribution in [2.24, 2.45) is 0 Å². The average molecular weight is 276 g/mol. The molecule has 1 saturated carbocycles. The average Bonchev–Trinajstić information content (AvgIpc) is 3.17. The summed E-state index contributed by atoms with van der Waals surface area (Å²) in [6.45, 7) is 2.17. The topological polar surface area (TPSA) is 43.8 Å². The van der Waals surface area contributed by atoms with Gasteiger partial charge in [0.05, 0.1) is 0 Å². The maximum absolute atomic E-state index is 6.31. The molecule has 0 spiro atoms. The van der Waals surface area contributed by atoms with E-state index < -0.39 is 0 Å². The quantitative estimate of drug-likeness (QED) is 0.914. The minimum absolute atomic E-state index is 0.565. The number of aromatic nitrogens is 2. The third-order valence-electron chi connectivity index (χ3n) is 3.52. The zero-order valence-electron chi connectivity index (χ0n) is 11.1. The first-order valence-electron chi connectivity index (χ1n) is 6.83. The number of rotatable bonds is 4. The number of nitrogens with zero attached hydrogens (tertiary/aromatic N) is 2. The lowest BCUT2D eigenvalue weighted by atomic mass is 10.1. The molecule has 1 aliphatic rings. The summed E-state index contributed by atoms with van der Waals surface area (Å²) in [5.74, 6) is 1.92. The molecule has 0 atom stereocenters. The van der Waals surface area contributed by atoms with Crippen molar-refractivity contribution >= 4 is 17.4 Å². The predicted molar refractivity (Wildman–Crippen MR) is 79.4 cm³/mol. The van der Waals surface area contributed by atoms with E-state index in [1.807, 2.05) is 24.3 Å². The van der Waals surface area contributed by atoms with Gasteiger partial charge in [-0.25, -0.2) is 4.98 Å². The third kappa shape index (κ3) is 2.35. The number of nitrogen functional groups attached to an aromatic ring is 1. The maximum Gasteiger partial charge on any atom is 0.131 e. The fourth-order valence-electron chi connectivity index (χ4n) is 2.45. The molecule has 0 unspecified atom stereocenters. The fraction of sp³-hybridized carbons (Fsp3) is 0.400. The van der Waals surface area contributed by atoms with Gasteiger partial charge in [-0.1, -0.05) is 30.7 Å². The smallest absolute Gasteiger partial charge is 0.131 e. The second kappa shape index (κ2) is 4.89. The Labute approximate surface area is 118 Å². The Morgan fingerprint density at radius 2 is 2.00 bits per heavy atom. The highest BCUT2D eigenvalue weighted by Gasteiger charge is 2.29. The van der Waals surface area contributed by atoms with Crippen LogP contribution >= 0.6 is 11.6 Å². The normalized spacial score (nSPS) is 14.8. The largest absolute Gasteiger partial charge is 0.383 e. The predicted octanol–water partition coefficient (Wildman–Crippen LogP) is 4.07. The van der Waals surface area contributed by atoms with Crippen molar-refractivity contribution < 1.29 is 0 Å². The SMILES string of the molecule is CCCc1nc(-c2ccc(Cl)cc2)c(N)n1C1CC1. The molecule has 1 heterocycles. The molecule has 1 fully saturated rings. The standard InChI is InChI=1S/C15H18ClN3/c1-2-3-13-18-14(10-4-6-11(16)7-5-10)15(17)19(13)12-8-9-12/h4-7,12H,2-3,8-9,17H2,1H3. The number of benzene rings is 1. The van der Waals surface area contributed by atoms with Crippen LogP contribution in [-0.4, -0.2) is 9.55 Å². The second-order valence-electron chi connectivity index (χ2n) is 5.12. The number of aryl methyl sites for hydroxylation is 1. The molecule has 2 N–H and O–H groups in total. The monoisotopic (exact) mass is 275 g/mol. The van der Waals surface area contributed by atoms with Crippen molar-refractivity contribution in [3.63, 3.8) is 0 Å². The highest BCUT2D eigenvalue weighted by Crippen LogP contribution is 2.41. The van der Waals surface area contributed by atoms with E-state index in [2.05, 4.69) is 11.5 Å². The van der Waals surface area contributed by atoms with E-state index in [-0.39, 0.29) is 0 Å². The molecule has 0 amide bonds. The Kier molecular flexibility index (Phi) is 3.23. The Morgan fingerprint density at radius 1 is 1.32 bits per heavy atom. The minimum atomic E-state index is 0.565. The summed E-state index contributed by atoms with van der Waals surface area (Å²) < 4.78 is 2.23. The lowest BCUT2D eigenvalue weighted by Crippen LogP contribution is -2.05. The summed E-state index contributed by atoms with van der Waals surface area (Å²) >= 11 is 5.93.